The number of aryl methyl sites for hydroxylation is 1. The molecule has 0 aliphatic carbocycles. The molecule has 2 heterocycles. The molecule has 0 fully saturated rings. The van der Waals surface area contributed by atoms with Crippen LogP contribution in [0, 0.1) is 6.92 Å². The fourth-order valence-corrected chi connectivity index (χ4v) is 2.20. The number of fused-ring (bicyclic) bond motifs is 1. The summed E-state index contributed by atoms with van der Waals surface area (Å²) in [4.78, 5) is 28.1. The number of hydrogen-bond acceptors (Lipinski definition) is 7. The Kier molecular flexibility index (Phi) is 4.29. The predicted molar refractivity (Wildman–Crippen MR) is 91.5 cm³/mol. The number of aromatic amines is 1. The van der Waals surface area contributed by atoms with Crippen molar-refractivity contribution >= 4 is 28.8 Å². The molecule has 2 aromatic heterocycles. The van der Waals surface area contributed by atoms with Crippen molar-refractivity contribution in [2.75, 3.05) is 12.3 Å². The highest BCUT2D eigenvalue weighted by Crippen LogP contribution is 2.22. The molecule has 0 unspecified atom stereocenters. The molecule has 9 heteroatoms. The van der Waals surface area contributed by atoms with Crippen molar-refractivity contribution in [3.8, 4) is 0 Å². The molecule has 0 saturated heterocycles. The van der Waals surface area contributed by atoms with Crippen molar-refractivity contribution in [2.45, 2.75) is 13.8 Å². The summed E-state index contributed by atoms with van der Waals surface area (Å²) in [6, 6.07) is 7.34. The lowest BCUT2D eigenvalue weighted by molar-refractivity contribution is 0.0526. The van der Waals surface area contributed by atoms with Crippen LogP contribution in [-0.4, -0.2) is 27.2 Å². The van der Waals surface area contributed by atoms with E-state index < -0.39 is 11.5 Å². The van der Waals surface area contributed by atoms with Crippen molar-refractivity contribution in [1.29, 1.82) is 0 Å². The Balaban J connectivity index is 2.04. The van der Waals surface area contributed by atoms with Gasteiger partial charge in [-0.25, -0.2) is 14.3 Å². The quantitative estimate of drug-likeness (QED) is 0.557. The molecule has 1 aromatic carbocycles. The Labute approximate surface area is 142 Å². The topological polar surface area (TPSA) is 127 Å². The van der Waals surface area contributed by atoms with Crippen LogP contribution >= 0.6 is 0 Å². The number of hydrogen-bond donors (Lipinski definition) is 2. The van der Waals surface area contributed by atoms with Gasteiger partial charge < -0.3 is 10.5 Å². The number of rotatable bonds is 4. The van der Waals surface area contributed by atoms with Gasteiger partial charge in [0.25, 0.3) is 5.56 Å². The van der Waals surface area contributed by atoms with Crippen LogP contribution in [-0.2, 0) is 4.74 Å². The molecule has 0 saturated carbocycles. The highest BCUT2D eigenvalue weighted by molar-refractivity contribution is 5.94. The van der Waals surface area contributed by atoms with Crippen molar-refractivity contribution < 1.29 is 9.53 Å². The van der Waals surface area contributed by atoms with Gasteiger partial charge in [-0.2, -0.15) is 5.11 Å². The minimum Gasteiger partial charge on any atom is -0.462 e. The number of esters is 1. The third-order valence-electron chi connectivity index (χ3n) is 3.48. The zero-order valence-corrected chi connectivity index (χ0v) is 13.7. The molecule has 128 valence electrons. The predicted octanol–water partition coefficient (Wildman–Crippen LogP) is 2.51. The number of nitrogen functional groups attached to an aromatic ring is 1. The zero-order chi connectivity index (χ0) is 18.0. The number of nitrogens with two attached hydrogens (primary N) is 1. The minimum atomic E-state index is -0.619. The summed E-state index contributed by atoms with van der Waals surface area (Å²) in [6.07, 6.45) is 1.25. The highest BCUT2D eigenvalue weighted by Gasteiger charge is 2.18. The lowest BCUT2D eigenvalue weighted by Gasteiger charge is -2.06. The molecule has 0 aliphatic rings. The molecule has 9 nitrogen and oxygen atoms in total. The third-order valence-corrected chi connectivity index (χ3v) is 3.48. The number of H-pyrrole nitrogens is 1. The summed E-state index contributed by atoms with van der Waals surface area (Å²) in [5.41, 5.74) is 7.34. The largest absolute Gasteiger partial charge is 0.462 e. The summed E-state index contributed by atoms with van der Waals surface area (Å²) in [6.45, 7) is 3.84. The van der Waals surface area contributed by atoms with Gasteiger partial charge in [0.05, 0.1) is 12.3 Å². The van der Waals surface area contributed by atoms with E-state index in [1.807, 2.05) is 19.1 Å². The number of aromatic nitrogens is 3. The van der Waals surface area contributed by atoms with Crippen molar-refractivity contribution in [3.05, 3.63) is 51.9 Å². The van der Waals surface area contributed by atoms with Gasteiger partial charge in [-0.1, -0.05) is 17.7 Å². The molecule has 0 radical (unpaired) electrons. The molecule has 3 aromatic rings. The smallest absolute Gasteiger partial charge is 0.343 e. The van der Waals surface area contributed by atoms with Crippen LogP contribution in [0.5, 0.6) is 0 Å². The van der Waals surface area contributed by atoms with E-state index in [0.29, 0.717) is 5.69 Å². The van der Waals surface area contributed by atoms with Crippen molar-refractivity contribution in [1.82, 2.24) is 14.6 Å². The van der Waals surface area contributed by atoms with Crippen LogP contribution in [0.3, 0.4) is 0 Å². The summed E-state index contributed by atoms with van der Waals surface area (Å²) < 4.78 is 6.10. The van der Waals surface area contributed by atoms with Gasteiger partial charge in [0.1, 0.15) is 11.4 Å². The van der Waals surface area contributed by atoms with Gasteiger partial charge in [-0.3, -0.25) is 9.89 Å². The lowest BCUT2D eigenvalue weighted by atomic mass is 10.2. The molecule has 25 heavy (non-hydrogen) atoms. The van der Waals surface area contributed by atoms with Crippen LogP contribution in [0.1, 0.15) is 22.8 Å². The van der Waals surface area contributed by atoms with Crippen LogP contribution in [0.15, 0.2) is 45.5 Å². The Morgan fingerprint density at radius 2 is 2.04 bits per heavy atom. The van der Waals surface area contributed by atoms with Crippen molar-refractivity contribution in [2.24, 2.45) is 10.2 Å². The van der Waals surface area contributed by atoms with E-state index in [-0.39, 0.29) is 29.3 Å². The number of ether oxygens (including phenoxy) is 1. The van der Waals surface area contributed by atoms with Crippen molar-refractivity contribution in [3.63, 3.8) is 0 Å². The summed E-state index contributed by atoms with van der Waals surface area (Å²) >= 11 is 0. The first-order chi connectivity index (χ1) is 12.0. The molecular weight excluding hydrogens is 324 g/mol. The number of benzene rings is 1. The second kappa shape index (κ2) is 6.56. The SMILES string of the molecule is CCOC(=O)c1cnc2c(N=Nc3ccc(C)cc3)c(=O)[nH]n2c1N. The second-order valence-corrected chi connectivity index (χ2v) is 5.26. The summed E-state index contributed by atoms with van der Waals surface area (Å²) in [5, 5.41) is 10.5. The second-order valence-electron chi connectivity index (χ2n) is 5.26. The number of carbonyl (C=O) groups is 1. The van der Waals surface area contributed by atoms with Crippen LogP contribution < -0.4 is 11.3 Å². The Hall–Kier alpha value is -3.49. The van der Waals surface area contributed by atoms with Gasteiger partial charge in [-0.05, 0) is 26.0 Å². The third kappa shape index (κ3) is 3.11. The number of carbonyl (C=O) groups excluding carboxylic acids is 1. The van der Waals surface area contributed by atoms with Crippen LogP contribution in [0.25, 0.3) is 5.65 Å². The lowest BCUT2D eigenvalue weighted by Crippen LogP contribution is -2.13. The molecule has 3 rings (SSSR count). The number of azo groups is 1. The Morgan fingerprint density at radius 3 is 2.72 bits per heavy atom. The molecule has 0 amide bonds. The molecule has 3 N–H and O–H groups in total. The first-order valence-electron chi connectivity index (χ1n) is 7.56. The zero-order valence-electron chi connectivity index (χ0n) is 13.7. The molecular formula is C16H16N6O3. The number of anilines is 1. The van der Waals surface area contributed by atoms with E-state index >= 15 is 0 Å². The van der Waals surface area contributed by atoms with Crippen LogP contribution in [0.2, 0.25) is 0 Å². The van der Waals surface area contributed by atoms with Gasteiger partial charge in [0, 0.05) is 6.20 Å². The fraction of sp³-hybridized carbons (Fsp3) is 0.188. The molecule has 0 aliphatic heterocycles. The van der Waals surface area contributed by atoms with Gasteiger partial charge >= 0.3 is 5.97 Å². The number of nitrogens with zero attached hydrogens (tertiary/aromatic N) is 4. The Bertz CT molecular complexity index is 1020. The fourth-order valence-electron chi connectivity index (χ4n) is 2.20. The maximum atomic E-state index is 12.1. The maximum Gasteiger partial charge on any atom is 0.343 e. The Morgan fingerprint density at radius 1 is 1.32 bits per heavy atom. The normalized spacial score (nSPS) is 11.3. The van der Waals surface area contributed by atoms with Gasteiger partial charge in [-0.15, -0.1) is 5.11 Å². The molecule has 0 atom stereocenters. The monoisotopic (exact) mass is 340 g/mol. The van der Waals surface area contributed by atoms with E-state index in [1.54, 1.807) is 19.1 Å². The summed E-state index contributed by atoms with van der Waals surface area (Å²) in [7, 11) is 0. The van der Waals surface area contributed by atoms with E-state index in [0.717, 1.165) is 5.56 Å². The maximum absolute atomic E-state index is 12.1. The first-order valence-corrected chi connectivity index (χ1v) is 7.56. The first kappa shape index (κ1) is 16.4. The van der Waals surface area contributed by atoms with E-state index in [2.05, 4.69) is 20.3 Å². The van der Waals surface area contributed by atoms with E-state index in [9.17, 15) is 9.59 Å². The van der Waals surface area contributed by atoms with Crippen LogP contribution in [0.4, 0.5) is 17.2 Å². The van der Waals surface area contributed by atoms with Gasteiger partial charge in [0.2, 0.25) is 0 Å². The van der Waals surface area contributed by atoms with E-state index in [4.69, 9.17) is 10.5 Å². The average molecular weight is 340 g/mol. The van der Waals surface area contributed by atoms with Gasteiger partial charge in [0.15, 0.2) is 11.3 Å². The number of nitrogens with one attached hydrogen (secondary N) is 1. The molecule has 0 spiro atoms. The molecule has 0 bridgehead atoms. The minimum absolute atomic E-state index is 0.00249. The summed E-state index contributed by atoms with van der Waals surface area (Å²) in [5.74, 6) is -0.607. The standard InChI is InChI=1S/C16H16N6O3/c1-3-25-16(24)11-8-18-14-12(15(23)21-22(14)13(11)17)20-19-10-6-4-9(2)5-7-10/h4-8H,3,17H2,1-2H3,(H,21,23). The average Bonchev–Trinajstić information content (AvgIpc) is 2.91. The van der Waals surface area contributed by atoms with E-state index in [1.165, 1.54) is 10.7 Å². The highest BCUT2D eigenvalue weighted by atomic mass is 16.5.